The molecule has 0 spiro atoms. The van der Waals surface area contributed by atoms with Crippen LogP contribution in [0.15, 0.2) is 18.2 Å². The Bertz CT molecular complexity index is 615. The number of methoxy groups -OCH3 is 2. The van der Waals surface area contributed by atoms with Crippen LogP contribution in [0.5, 0.6) is 11.5 Å². The molecule has 0 unspecified atom stereocenters. The monoisotopic (exact) mass is 365 g/mol. The molecule has 1 aliphatic heterocycles. The third kappa shape index (κ3) is 5.25. The van der Waals surface area contributed by atoms with Crippen LogP contribution in [0, 0.1) is 0 Å². The maximum atomic E-state index is 12.0. The molecule has 7 heteroatoms. The van der Waals surface area contributed by atoms with Crippen molar-refractivity contribution in [3.05, 3.63) is 23.8 Å². The summed E-state index contributed by atoms with van der Waals surface area (Å²) in [6.07, 6.45) is 0.489. The molecule has 3 N–H and O–H groups in total. The summed E-state index contributed by atoms with van der Waals surface area (Å²) in [4.78, 5) is 14.3. The highest BCUT2D eigenvalue weighted by Gasteiger charge is 2.30. The minimum atomic E-state index is -0.498. The summed E-state index contributed by atoms with van der Waals surface area (Å²) >= 11 is 0. The number of nitrogens with zero attached hydrogens (tertiary/aromatic N) is 1. The van der Waals surface area contributed by atoms with Crippen LogP contribution in [0.4, 0.5) is 4.79 Å². The smallest absolute Gasteiger partial charge is 0.407 e. The van der Waals surface area contributed by atoms with E-state index >= 15 is 0 Å². The minimum absolute atomic E-state index is 0.0547. The molecule has 146 valence electrons. The Labute approximate surface area is 155 Å². The van der Waals surface area contributed by atoms with Gasteiger partial charge in [-0.05, 0) is 44.9 Å². The van der Waals surface area contributed by atoms with E-state index in [0.29, 0.717) is 18.0 Å². The van der Waals surface area contributed by atoms with E-state index in [9.17, 15) is 4.79 Å². The summed E-state index contributed by atoms with van der Waals surface area (Å²) in [6.45, 7) is 7.64. The number of rotatable bonds is 6. The Morgan fingerprint density at radius 1 is 1.31 bits per heavy atom. The first-order valence-electron chi connectivity index (χ1n) is 8.93. The SMILES string of the molecule is COc1ccc([C@H](CN)N2CC[C@@H](NC(=O)OC(C)(C)C)C2)cc1OC. The van der Waals surface area contributed by atoms with Crippen molar-refractivity contribution in [3.63, 3.8) is 0 Å². The van der Waals surface area contributed by atoms with Crippen LogP contribution in [0.3, 0.4) is 0 Å². The number of ether oxygens (including phenoxy) is 3. The topological polar surface area (TPSA) is 86.1 Å². The number of nitrogens with one attached hydrogen (secondary N) is 1. The average Bonchev–Trinajstić information content (AvgIpc) is 3.01. The lowest BCUT2D eigenvalue weighted by Gasteiger charge is -2.28. The Morgan fingerprint density at radius 2 is 2.00 bits per heavy atom. The lowest BCUT2D eigenvalue weighted by atomic mass is 10.0. The van der Waals surface area contributed by atoms with Crippen LogP contribution < -0.4 is 20.5 Å². The maximum absolute atomic E-state index is 12.0. The van der Waals surface area contributed by atoms with Gasteiger partial charge < -0.3 is 25.3 Å². The minimum Gasteiger partial charge on any atom is -0.493 e. The molecule has 7 nitrogen and oxygen atoms in total. The third-order valence-electron chi connectivity index (χ3n) is 4.40. The number of carbonyl (C=O) groups excluding carboxylic acids is 1. The first-order valence-corrected chi connectivity index (χ1v) is 8.93. The highest BCUT2D eigenvalue weighted by Crippen LogP contribution is 2.32. The molecule has 1 aliphatic rings. The van der Waals surface area contributed by atoms with Gasteiger partial charge in [0.25, 0.3) is 0 Å². The zero-order valence-electron chi connectivity index (χ0n) is 16.4. The molecule has 1 aromatic carbocycles. The van der Waals surface area contributed by atoms with Crippen molar-refractivity contribution in [1.29, 1.82) is 0 Å². The maximum Gasteiger partial charge on any atom is 0.407 e. The van der Waals surface area contributed by atoms with Gasteiger partial charge in [-0.25, -0.2) is 4.79 Å². The first kappa shape index (κ1) is 20.3. The third-order valence-corrected chi connectivity index (χ3v) is 4.40. The van der Waals surface area contributed by atoms with Gasteiger partial charge in [-0.3, -0.25) is 4.90 Å². The summed E-state index contributed by atoms with van der Waals surface area (Å²) in [5.41, 5.74) is 6.62. The molecule has 1 amide bonds. The van der Waals surface area contributed by atoms with Crippen molar-refractivity contribution in [1.82, 2.24) is 10.2 Å². The van der Waals surface area contributed by atoms with Gasteiger partial charge in [0.15, 0.2) is 11.5 Å². The van der Waals surface area contributed by atoms with Gasteiger partial charge in [0, 0.05) is 31.7 Å². The summed E-state index contributed by atoms with van der Waals surface area (Å²) in [5, 5.41) is 2.95. The zero-order valence-corrected chi connectivity index (χ0v) is 16.4. The molecule has 0 radical (unpaired) electrons. The lowest BCUT2D eigenvalue weighted by Crippen LogP contribution is -2.41. The van der Waals surface area contributed by atoms with Crippen molar-refractivity contribution < 1.29 is 19.0 Å². The fraction of sp³-hybridized carbons (Fsp3) is 0.632. The van der Waals surface area contributed by atoms with Crippen LogP contribution >= 0.6 is 0 Å². The summed E-state index contributed by atoms with van der Waals surface area (Å²) in [5.74, 6) is 1.38. The van der Waals surface area contributed by atoms with Crippen LogP contribution in [-0.2, 0) is 4.74 Å². The molecule has 2 rings (SSSR count). The van der Waals surface area contributed by atoms with Gasteiger partial charge in [0.05, 0.1) is 14.2 Å². The molecule has 1 aromatic rings. The fourth-order valence-electron chi connectivity index (χ4n) is 3.22. The van der Waals surface area contributed by atoms with Crippen LogP contribution in [0.1, 0.15) is 38.8 Å². The standard InChI is InChI=1S/C19H31N3O4/c1-19(2,3)26-18(23)21-14-8-9-22(12-14)15(11-20)13-6-7-16(24-4)17(10-13)25-5/h6-7,10,14-15H,8-9,11-12,20H2,1-5H3,(H,21,23)/t14-,15+/m1/s1. The molecule has 2 atom stereocenters. The molecule has 1 saturated heterocycles. The largest absolute Gasteiger partial charge is 0.493 e. The molecular weight excluding hydrogens is 334 g/mol. The molecule has 1 fully saturated rings. The van der Waals surface area contributed by atoms with E-state index in [4.69, 9.17) is 19.9 Å². The molecule has 1 heterocycles. The van der Waals surface area contributed by atoms with Crippen molar-refractivity contribution in [2.45, 2.75) is 44.9 Å². The predicted octanol–water partition coefficient (Wildman–Crippen LogP) is 2.30. The summed E-state index contributed by atoms with van der Waals surface area (Å²) < 4.78 is 16.0. The Morgan fingerprint density at radius 3 is 2.58 bits per heavy atom. The van der Waals surface area contributed by atoms with Crippen molar-refractivity contribution in [2.75, 3.05) is 33.9 Å². The van der Waals surface area contributed by atoms with Gasteiger partial charge in [0.1, 0.15) is 5.60 Å². The fourth-order valence-corrected chi connectivity index (χ4v) is 3.22. The highest BCUT2D eigenvalue weighted by molar-refractivity contribution is 5.68. The van der Waals surface area contributed by atoms with Gasteiger partial charge >= 0.3 is 6.09 Å². The van der Waals surface area contributed by atoms with E-state index < -0.39 is 5.60 Å². The number of nitrogens with two attached hydrogens (primary N) is 1. The number of likely N-dealkylation sites (tertiary alicyclic amines) is 1. The lowest BCUT2D eigenvalue weighted by molar-refractivity contribution is 0.0504. The number of hydrogen-bond acceptors (Lipinski definition) is 6. The zero-order chi connectivity index (χ0) is 19.3. The Balaban J connectivity index is 2.02. The van der Waals surface area contributed by atoms with E-state index in [1.165, 1.54) is 0 Å². The second-order valence-electron chi connectivity index (χ2n) is 7.49. The molecule has 26 heavy (non-hydrogen) atoms. The molecular formula is C19H31N3O4. The number of carbonyl (C=O) groups is 1. The summed E-state index contributed by atoms with van der Waals surface area (Å²) in [7, 11) is 3.24. The van der Waals surface area contributed by atoms with Crippen LogP contribution in [-0.4, -0.2) is 56.5 Å². The summed E-state index contributed by atoms with van der Waals surface area (Å²) in [6, 6.07) is 5.97. The number of amides is 1. The van der Waals surface area contributed by atoms with E-state index in [1.54, 1.807) is 14.2 Å². The van der Waals surface area contributed by atoms with Crippen LogP contribution in [0.2, 0.25) is 0 Å². The van der Waals surface area contributed by atoms with Crippen LogP contribution in [0.25, 0.3) is 0 Å². The molecule has 0 saturated carbocycles. The van der Waals surface area contributed by atoms with E-state index in [1.807, 2.05) is 39.0 Å². The Kier molecular flexibility index (Phi) is 6.72. The molecule has 0 aliphatic carbocycles. The Hall–Kier alpha value is -1.99. The van der Waals surface area contributed by atoms with Crippen molar-refractivity contribution in [2.24, 2.45) is 5.73 Å². The molecule has 0 aromatic heterocycles. The first-order chi connectivity index (χ1) is 12.3. The average molecular weight is 365 g/mol. The number of benzene rings is 1. The van der Waals surface area contributed by atoms with E-state index in [2.05, 4.69) is 10.2 Å². The normalized spacial score (nSPS) is 19.1. The molecule has 0 bridgehead atoms. The number of hydrogen-bond donors (Lipinski definition) is 2. The number of alkyl carbamates (subject to hydrolysis) is 1. The highest BCUT2D eigenvalue weighted by atomic mass is 16.6. The second kappa shape index (κ2) is 8.60. The second-order valence-corrected chi connectivity index (χ2v) is 7.49. The van der Waals surface area contributed by atoms with Crippen molar-refractivity contribution in [3.8, 4) is 11.5 Å². The van der Waals surface area contributed by atoms with Gasteiger partial charge in [-0.15, -0.1) is 0 Å². The van der Waals surface area contributed by atoms with Crippen molar-refractivity contribution >= 4 is 6.09 Å². The quantitative estimate of drug-likeness (QED) is 0.804. The van der Waals surface area contributed by atoms with Gasteiger partial charge in [0.2, 0.25) is 0 Å². The van der Waals surface area contributed by atoms with E-state index in [0.717, 1.165) is 25.1 Å². The predicted molar refractivity (Wildman–Crippen MR) is 101 cm³/mol. The van der Waals surface area contributed by atoms with Gasteiger partial charge in [-0.1, -0.05) is 6.07 Å². The van der Waals surface area contributed by atoms with E-state index in [-0.39, 0.29) is 18.2 Å². The van der Waals surface area contributed by atoms with Gasteiger partial charge in [-0.2, -0.15) is 0 Å².